The van der Waals surface area contributed by atoms with E-state index in [2.05, 4.69) is 34.8 Å². The second kappa shape index (κ2) is 4.31. The van der Waals surface area contributed by atoms with Gasteiger partial charge in [0, 0.05) is 11.1 Å². The van der Waals surface area contributed by atoms with Crippen LogP contribution >= 0.6 is 23.3 Å². The molecule has 0 aliphatic carbocycles. The number of hydrogen-bond acceptors (Lipinski definition) is 5. The van der Waals surface area contributed by atoms with E-state index in [0.717, 1.165) is 6.42 Å². The zero-order valence-electron chi connectivity index (χ0n) is 8.25. The van der Waals surface area contributed by atoms with Crippen LogP contribution in [0.25, 0.3) is 0 Å². The summed E-state index contributed by atoms with van der Waals surface area (Å²) in [5.41, 5.74) is 0. The van der Waals surface area contributed by atoms with Crippen molar-refractivity contribution in [1.82, 2.24) is 4.41 Å². The standard InChI is InChI=1S/C9H13N3S2/c1-3-7-9(8-5-4-6-14-8)10-11-12(7)13-2/h4-7,9H,3H2,1-2H3. The van der Waals surface area contributed by atoms with E-state index in [1.54, 1.807) is 23.3 Å². The second-order valence-corrected chi connectivity index (χ2v) is 4.84. The van der Waals surface area contributed by atoms with E-state index in [9.17, 15) is 0 Å². The Morgan fingerprint density at radius 1 is 1.64 bits per heavy atom. The van der Waals surface area contributed by atoms with E-state index in [4.69, 9.17) is 0 Å². The van der Waals surface area contributed by atoms with Crippen LogP contribution in [0.1, 0.15) is 24.3 Å². The van der Waals surface area contributed by atoms with Gasteiger partial charge in [0.2, 0.25) is 0 Å². The molecule has 76 valence electrons. The molecule has 0 N–H and O–H groups in total. The topological polar surface area (TPSA) is 28.0 Å². The molecule has 0 saturated carbocycles. The number of hydrogen-bond donors (Lipinski definition) is 0. The van der Waals surface area contributed by atoms with Crippen LogP contribution in [0.2, 0.25) is 0 Å². The van der Waals surface area contributed by atoms with Crippen LogP contribution in [0, 0.1) is 0 Å². The van der Waals surface area contributed by atoms with Crippen LogP contribution in [0.5, 0.6) is 0 Å². The summed E-state index contributed by atoms with van der Waals surface area (Å²) in [6, 6.07) is 4.88. The molecule has 5 heteroatoms. The van der Waals surface area contributed by atoms with Crippen molar-refractivity contribution in [1.29, 1.82) is 0 Å². The fraction of sp³-hybridized carbons (Fsp3) is 0.556. The van der Waals surface area contributed by atoms with Crippen LogP contribution in [0.4, 0.5) is 0 Å². The smallest absolute Gasteiger partial charge is 0.130 e. The first-order valence-electron chi connectivity index (χ1n) is 4.64. The Morgan fingerprint density at radius 3 is 3.07 bits per heavy atom. The van der Waals surface area contributed by atoms with Gasteiger partial charge in [-0.15, -0.1) is 11.3 Å². The van der Waals surface area contributed by atoms with E-state index in [1.165, 1.54) is 4.88 Å². The molecule has 2 heterocycles. The molecule has 1 aliphatic heterocycles. The zero-order chi connectivity index (χ0) is 9.97. The van der Waals surface area contributed by atoms with E-state index in [-0.39, 0.29) is 6.04 Å². The average molecular weight is 227 g/mol. The summed E-state index contributed by atoms with van der Waals surface area (Å²) in [6.45, 7) is 2.19. The molecular weight excluding hydrogens is 214 g/mol. The summed E-state index contributed by atoms with van der Waals surface area (Å²) in [7, 11) is 0. The first-order valence-corrected chi connectivity index (χ1v) is 6.70. The third-order valence-corrected chi connectivity index (χ3v) is 4.01. The lowest BCUT2D eigenvalue weighted by Crippen LogP contribution is -2.24. The van der Waals surface area contributed by atoms with Gasteiger partial charge in [0.05, 0.1) is 6.04 Å². The molecular formula is C9H13N3S2. The van der Waals surface area contributed by atoms with E-state index in [1.807, 2.05) is 10.7 Å². The van der Waals surface area contributed by atoms with Crippen molar-refractivity contribution in [2.75, 3.05) is 6.26 Å². The van der Waals surface area contributed by atoms with E-state index in [0.29, 0.717) is 6.04 Å². The van der Waals surface area contributed by atoms with E-state index >= 15 is 0 Å². The Bertz CT molecular complexity index is 310. The molecule has 0 amide bonds. The van der Waals surface area contributed by atoms with Crippen molar-refractivity contribution in [3.05, 3.63) is 22.4 Å². The first kappa shape index (κ1) is 9.98. The molecule has 0 radical (unpaired) electrons. The molecule has 1 aromatic rings. The minimum absolute atomic E-state index is 0.243. The molecule has 3 nitrogen and oxygen atoms in total. The lowest BCUT2D eigenvalue weighted by molar-refractivity contribution is 0.374. The number of rotatable bonds is 3. The molecule has 2 atom stereocenters. The number of nitrogens with zero attached hydrogens (tertiary/aromatic N) is 3. The highest BCUT2D eigenvalue weighted by Gasteiger charge is 2.32. The highest BCUT2D eigenvalue weighted by Crippen LogP contribution is 2.37. The zero-order valence-corrected chi connectivity index (χ0v) is 9.88. The Hall–Kier alpha value is -0.550. The molecule has 2 unspecified atom stereocenters. The highest BCUT2D eigenvalue weighted by atomic mass is 32.2. The van der Waals surface area contributed by atoms with Gasteiger partial charge >= 0.3 is 0 Å². The van der Waals surface area contributed by atoms with Gasteiger partial charge in [0.1, 0.15) is 6.04 Å². The van der Waals surface area contributed by atoms with Crippen LogP contribution < -0.4 is 0 Å². The largest absolute Gasteiger partial charge is 0.215 e. The Kier molecular flexibility index (Phi) is 3.08. The summed E-state index contributed by atoms with van der Waals surface area (Å²) < 4.78 is 2.00. The van der Waals surface area contributed by atoms with Gasteiger partial charge in [0.25, 0.3) is 0 Å². The van der Waals surface area contributed by atoms with Gasteiger partial charge in [-0.2, -0.15) is 5.11 Å². The summed E-state index contributed by atoms with van der Waals surface area (Å²) in [5, 5.41) is 10.6. The van der Waals surface area contributed by atoms with Crippen molar-refractivity contribution in [3.63, 3.8) is 0 Å². The van der Waals surface area contributed by atoms with Crippen LogP contribution in [0.3, 0.4) is 0 Å². The number of thiophene rings is 1. The maximum absolute atomic E-state index is 4.32. The fourth-order valence-electron chi connectivity index (χ4n) is 1.63. The molecule has 0 spiro atoms. The lowest BCUT2D eigenvalue weighted by Gasteiger charge is -2.20. The average Bonchev–Trinajstić information content (AvgIpc) is 2.85. The minimum Gasteiger partial charge on any atom is -0.215 e. The SMILES string of the molecule is CCC1C(c2cccs2)N=NN1SC. The molecule has 14 heavy (non-hydrogen) atoms. The van der Waals surface area contributed by atoms with Gasteiger partial charge in [-0.1, -0.05) is 18.2 Å². The van der Waals surface area contributed by atoms with Crippen molar-refractivity contribution < 1.29 is 0 Å². The lowest BCUT2D eigenvalue weighted by atomic mass is 10.1. The summed E-state index contributed by atoms with van der Waals surface area (Å²) >= 11 is 3.41. The van der Waals surface area contributed by atoms with E-state index < -0.39 is 0 Å². The Balaban J connectivity index is 2.18. The molecule has 1 aliphatic rings. The molecule has 0 aromatic carbocycles. The van der Waals surface area contributed by atoms with Gasteiger partial charge in [0.15, 0.2) is 0 Å². The third kappa shape index (κ3) is 1.66. The van der Waals surface area contributed by atoms with Gasteiger partial charge in [-0.3, -0.25) is 0 Å². The molecule has 2 rings (SSSR count). The predicted octanol–water partition coefficient (Wildman–Crippen LogP) is 3.53. The summed E-state index contributed by atoms with van der Waals surface area (Å²) in [5.74, 6) is 0. The normalized spacial score (nSPS) is 26.0. The molecule has 0 bridgehead atoms. The van der Waals surface area contributed by atoms with Gasteiger partial charge < -0.3 is 0 Å². The van der Waals surface area contributed by atoms with Crippen molar-refractivity contribution in [2.45, 2.75) is 25.4 Å². The van der Waals surface area contributed by atoms with Crippen molar-refractivity contribution in [2.24, 2.45) is 10.3 Å². The van der Waals surface area contributed by atoms with Gasteiger partial charge in [-0.25, -0.2) is 4.41 Å². The molecule has 0 fully saturated rings. The summed E-state index contributed by atoms with van der Waals surface area (Å²) in [6.07, 6.45) is 3.12. The van der Waals surface area contributed by atoms with Crippen LogP contribution in [-0.4, -0.2) is 16.7 Å². The van der Waals surface area contributed by atoms with Crippen molar-refractivity contribution in [3.8, 4) is 0 Å². The molecule has 0 saturated heterocycles. The monoisotopic (exact) mass is 227 g/mol. The maximum Gasteiger partial charge on any atom is 0.130 e. The Labute approximate surface area is 92.3 Å². The summed E-state index contributed by atoms with van der Waals surface area (Å²) in [4.78, 5) is 1.32. The maximum atomic E-state index is 4.32. The first-order chi connectivity index (χ1) is 6.86. The minimum atomic E-state index is 0.243. The van der Waals surface area contributed by atoms with Gasteiger partial charge in [-0.05, 0) is 29.8 Å². The highest BCUT2D eigenvalue weighted by molar-refractivity contribution is 7.96. The third-order valence-electron chi connectivity index (χ3n) is 2.35. The predicted molar refractivity (Wildman–Crippen MR) is 61.3 cm³/mol. The van der Waals surface area contributed by atoms with Crippen LogP contribution in [-0.2, 0) is 0 Å². The fourth-order valence-corrected chi connectivity index (χ4v) is 3.09. The van der Waals surface area contributed by atoms with Crippen molar-refractivity contribution >= 4 is 23.3 Å². The Morgan fingerprint density at radius 2 is 2.50 bits per heavy atom. The quantitative estimate of drug-likeness (QED) is 0.739. The van der Waals surface area contributed by atoms with Crippen LogP contribution in [0.15, 0.2) is 27.9 Å². The molecule has 1 aromatic heterocycles. The second-order valence-electron chi connectivity index (χ2n) is 3.13.